The molecule has 1 aliphatic carbocycles. The second-order valence-electron chi connectivity index (χ2n) is 2.61. The Bertz CT molecular complexity index is 253. The number of halogens is 1. The maximum Gasteiger partial charge on any atom is 0.0408 e. The molecule has 0 heterocycles. The van der Waals surface area contributed by atoms with Gasteiger partial charge in [0, 0.05) is 5.02 Å². The Morgan fingerprint density at radius 2 is 1.90 bits per heavy atom. The highest BCUT2D eigenvalue weighted by atomic mass is 35.5. The fourth-order valence-electron chi connectivity index (χ4n) is 1.37. The molecule has 0 aliphatic heterocycles. The normalized spacial score (nSPS) is 15.3. The Balaban J connectivity index is 2.52. The lowest BCUT2D eigenvalue weighted by Gasteiger charge is -1.96. The first-order valence-electron chi connectivity index (χ1n) is 3.45. The van der Waals surface area contributed by atoms with Crippen LogP contribution in [0.5, 0.6) is 0 Å². The molecule has 10 heavy (non-hydrogen) atoms. The van der Waals surface area contributed by atoms with E-state index in [0.717, 1.165) is 17.9 Å². The highest BCUT2D eigenvalue weighted by molar-refractivity contribution is 6.30. The molecule has 1 aliphatic rings. The van der Waals surface area contributed by atoms with Gasteiger partial charge in [-0.15, -0.1) is 0 Å². The summed E-state index contributed by atoms with van der Waals surface area (Å²) in [6.45, 7) is 0. The minimum atomic E-state index is 0.856. The summed E-state index contributed by atoms with van der Waals surface area (Å²) in [5.41, 5.74) is 2.83. The third kappa shape index (κ3) is 0.929. The van der Waals surface area contributed by atoms with Crippen LogP contribution in [-0.4, -0.2) is 0 Å². The van der Waals surface area contributed by atoms with Crippen molar-refractivity contribution >= 4 is 11.6 Å². The summed E-state index contributed by atoms with van der Waals surface area (Å²) in [5, 5.41) is 0.856. The van der Waals surface area contributed by atoms with Crippen molar-refractivity contribution < 1.29 is 0 Å². The summed E-state index contributed by atoms with van der Waals surface area (Å²) in [6, 6.07) is 6.13. The minimum absolute atomic E-state index is 0.856. The summed E-state index contributed by atoms with van der Waals surface area (Å²) in [5.74, 6) is 0. The predicted molar refractivity (Wildman–Crippen MR) is 43.2 cm³/mol. The van der Waals surface area contributed by atoms with E-state index in [2.05, 4.69) is 18.6 Å². The van der Waals surface area contributed by atoms with E-state index in [-0.39, 0.29) is 0 Å². The van der Waals surface area contributed by atoms with E-state index >= 15 is 0 Å². The first kappa shape index (κ1) is 6.23. The molecular weight excluding hydrogens is 144 g/mol. The fourth-order valence-corrected chi connectivity index (χ4v) is 1.56. The van der Waals surface area contributed by atoms with E-state index in [0.29, 0.717) is 0 Å². The molecule has 0 fully saturated rings. The molecule has 0 amide bonds. The van der Waals surface area contributed by atoms with Crippen LogP contribution in [0.25, 0.3) is 0 Å². The van der Waals surface area contributed by atoms with Gasteiger partial charge in [-0.2, -0.15) is 0 Å². The van der Waals surface area contributed by atoms with Crippen molar-refractivity contribution in [3.05, 3.63) is 40.8 Å². The molecule has 0 aromatic heterocycles. The average molecular weight is 152 g/mol. The van der Waals surface area contributed by atoms with Gasteiger partial charge in [0.25, 0.3) is 0 Å². The molecule has 0 spiro atoms. The number of hydrogen-bond acceptors (Lipinski definition) is 0. The van der Waals surface area contributed by atoms with Crippen LogP contribution in [0.1, 0.15) is 11.1 Å². The molecule has 1 radical (unpaired) electrons. The summed E-state index contributed by atoms with van der Waals surface area (Å²) < 4.78 is 0. The molecular formula is C9H8Cl. The molecule has 2 rings (SSSR count). The Hall–Kier alpha value is -0.490. The van der Waals surface area contributed by atoms with Gasteiger partial charge in [-0.3, -0.25) is 0 Å². The zero-order valence-corrected chi connectivity index (χ0v) is 6.36. The summed E-state index contributed by atoms with van der Waals surface area (Å²) in [6.07, 6.45) is 4.49. The van der Waals surface area contributed by atoms with Crippen molar-refractivity contribution in [2.45, 2.75) is 12.8 Å². The number of benzene rings is 1. The average Bonchev–Trinajstić information content (AvgIpc) is 2.33. The molecule has 0 saturated heterocycles. The molecule has 1 heteroatoms. The maximum absolute atomic E-state index is 5.81. The maximum atomic E-state index is 5.81. The van der Waals surface area contributed by atoms with Crippen molar-refractivity contribution in [3.8, 4) is 0 Å². The van der Waals surface area contributed by atoms with Gasteiger partial charge in [0.15, 0.2) is 0 Å². The molecule has 1 aromatic carbocycles. The molecule has 0 bridgehead atoms. The Labute approximate surface area is 65.8 Å². The smallest absolute Gasteiger partial charge is 0.0408 e. The summed E-state index contributed by atoms with van der Waals surface area (Å²) in [7, 11) is 0. The minimum Gasteiger partial charge on any atom is -0.0843 e. The van der Waals surface area contributed by atoms with Crippen molar-refractivity contribution in [1.82, 2.24) is 0 Å². The number of hydrogen-bond donors (Lipinski definition) is 0. The molecule has 0 saturated carbocycles. The molecule has 0 atom stereocenters. The number of rotatable bonds is 0. The standard InChI is InChI=1S/C9H8Cl/c10-9-5-4-7-2-1-3-8(7)6-9/h1,4-6H,2-3H2. The molecule has 51 valence electrons. The van der Waals surface area contributed by atoms with E-state index in [4.69, 9.17) is 11.6 Å². The zero-order valence-electron chi connectivity index (χ0n) is 5.60. The highest BCUT2D eigenvalue weighted by Gasteiger charge is 2.09. The summed E-state index contributed by atoms with van der Waals surface area (Å²) in [4.78, 5) is 0. The highest BCUT2D eigenvalue weighted by Crippen LogP contribution is 2.23. The topological polar surface area (TPSA) is 0 Å². The van der Waals surface area contributed by atoms with Crippen molar-refractivity contribution in [1.29, 1.82) is 0 Å². The van der Waals surface area contributed by atoms with Crippen LogP contribution in [0, 0.1) is 6.42 Å². The Morgan fingerprint density at radius 3 is 2.80 bits per heavy atom. The first-order valence-corrected chi connectivity index (χ1v) is 3.83. The fraction of sp³-hybridized carbons (Fsp3) is 0.222. The monoisotopic (exact) mass is 151 g/mol. The lowest BCUT2D eigenvalue weighted by atomic mass is 10.1. The van der Waals surface area contributed by atoms with Gasteiger partial charge in [0.1, 0.15) is 0 Å². The quantitative estimate of drug-likeness (QED) is 0.535. The Morgan fingerprint density at radius 1 is 1.10 bits per heavy atom. The van der Waals surface area contributed by atoms with Crippen molar-refractivity contribution in [2.24, 2.45) is 0 Å². The second kappa shape index (κ2) is 2.28. The van der Waals surface area contributed by atoms with Crippen LogP contribution >= 0.6 is 11.6 Å². The zero-order chi connectivity index (χ0) is 6.97. The molecule has 1 aromatic rings. The predicted octanol–water partition coefficient (Wildman–Crippen LogP) is 2.64. The van der Waals surface area contributed by atoms with E-state index in [1.165, 1.54) is 11.1 Å². The van der Waals surface area contributed by atoms with Crippen LogP contribution in [-0.2, 0) is 12.8 Å². The van der Waals surface area contributed by atoms with Crippen LogP contribution < -0.4 is 0 Å². The van der Waals surface area contributed by atoms with Crippen LogP contribution in [0.4, 0.5) is 0 Å². The van der Waals surface area contributed by atoms with Crippen LogP contribution in [0.2, 0.25) is 5.02 Å². The SMILES string of the molecule is Clc1ccc2c(c1)C[CH]C2. The lowest BCUT2D eigenvalue weighted by Crippen LogP contribution is -1.79. The van der Waals surface area contributed by atoms with Gasteiger partial charge >= 0.3 is 0 Å². The van der Waals surface area contributed by atoms with E-state index < -0.39 is 0 Å². The van der Waals surface area contributed by atoms with Crippen LogP contribution in [0.15, 0.2) is 18.2 Å². The van der Waals surface area contributed by atoms with Gasteiger partial charge < -0.3 is 0 Å². The van der Waals surface area contributed by atoms with Gasteiger partial charge in [0.2, 0.25) is 0 Å². The van der Waals surface area contributed by atoms with Crippen molar-refractivity contribution in [3.63, 3.8) is 0 Å². The van der Waals surface area contributed by atoms with Crippen molar-refractivity contribution in [2.75, 3.05) is 0 Å². The van der Waals surface area contributed by atoms with Gasteiger partial charge in [0.05, 0.1) is 0 Å². The van der Waals surface area contributed by atoms with E-state index in [9.17, 15) is 0 Å². The Kier molecular flexibility index (Phi) is 1.42. The van der Waals surface area contributed by atoms with Gasteiger partial charge in [-0.25, -0.2) is 0 Å². The lowest BCUT2D eigenvalue weighted by molar-refractivity contribution is 1.17. The third-order valence-corrected chi connectivity index (χ3v) is 2.13. The molecule has 0 unspecified atom stereocenters. The van der Waals surface area contributed by atoms with Gasteiger partial charge in [-0.1, -0.05) is 17.7 Å². The first-order chi connectivity index (χ1) is 4.86. The van der Waals surface area contributed by atoms with E-state index in [1.807, 2.05) is 6.07 Å². The van der Waals surface area contributed by atoms with Gasteiger partial charge in [-0.05, 0) is 42.5 Å². The molecule has 0 N–H and O–H groups in total. The van der Waals surface area contributed by atoms with Crippen LogP contribution in [0.3, 0.4) is 0 Å². The third-order valence-electron chi connectivity index (χ3n) is 1.90. The van der Waals surface area contributed by atoms with E-state index in [1.54, 1.807) is 0 Å². The number of fused-ring (bicyclic) bond motifs is 1. The second-order valence-corrected chi connectivity index (χ2v) is 3.05. The summed E-state index contributed by atoms with van der Waals surface area (Å²) >= 11 is 5.81. The largest absolute Gasteiger partial charge is 0.0843 e. The molecule has 0 nitrogen and oxygen atoms in total.